The molecule has 0 aliphatic carbocycles. The molecule has 2 aromatic rings. The first kappa shape index (κ1) is 16.5. The quantitative estimate of drug-likeness (QED) is 0.868. The number of carbonyl (C=O) groups excluding carboxylic acids is 2. The summed E-state index contributed by atoms with van der Waals surface area (Å²) in [6.07, 6.45) is 0. The number of hydrogen-bond acceptors (Lipinski definition) is 6. The van der Waals surface area contributed by atoms with Crippen molar-refractivity contribution in [3.63, 3.8) is 0 Å². The third kappa shape index (κ3) is 3.59. The molecule has 8 heteroatoms. The van der Waals surface area contributed by atoms with E-state index in [0.717, 1.165) is 5.56 Å². The van der Waals surface area contributed by atoms with Crippen molar-refractivity contribution in [3.05, 3.63) is 36.2 Å². The Hall–Kier alpha value is -2.35. The summed E-state index contributed by atoms with van der Waals surface area (Å²) in [6.45, 7) is 3.83. The molecule has 1 aliphatic heterocycles. The van der Waals surface area contributed by atoms with E-state index in [1.807, 2.05) is 44.2 Å². The van der Waals surface area contributed by atoms with Crippen LogP contribution < -0.4 is 10.6 Å². The Morgan fingerprint density at radius 3 is 2.88 bits per heavy atom. The second-order valence-electron chi connectivity index (χ2n) is 5.95. The van der Waals surface area contributed by atoms with Gasteiger partial charge in [0, 0.05) is 11.3 Å². The van der Waals surface area contributed by atoms with E-state index in [0.29, 0.717) is 17.5 Å². The zero-order valence-electron chi connectivity index (χ0n) is 13.4. The van der Waals surface area contributed by atoms with Crippen molar-refractivity contribution in [1.29, 1.82) is 0 Å². The van der Waals surface area contributed by atoms with Crippen molar-refractivity contribution in [2.24, 2.45) is 0 Å². The normalized spacial score (nSPS) is 19.6. The van der Waals surface area contributed by atoms with Gasteiger partial charge in [0.25, 0.3) is 5.89 Å². The van der Waals surface area contributed by atoms with E-state index in [9.17, 15) is 9.59 Å². The van der Waals surface area contributed by atoms with Gasteiger partial charge in [0.05, 0.1) is 11.3 Å². The molecule has 0 spiro atoms. The molecule has 2 N–H and O–H groups in total. The molecule has 3 rings (SSSR count). The minimum atomic E-state index is -0.545. The van der Waals surface area contributed by atoms with E-state index in [-0.39, 0.29) is 18.4 Å². The summed E-state index contributed by atoms with van der Waals surface area (Å²) >= 11 is 1.47. The molecule has 2 amide bonds. The van der Waals surface area contributed by atoms with Crippen molar-refractivity contribution in [3.8, 4) is 11.5 Å². The maximum absolute atomic E-state index is 12.2. The van der Waals surface area contributed by atoms with E-state index in [1.165, 1.54) is 11.8 Å². The number of amides is 2. The van der Waals surface area contributed by atoms with Crippen molar-refractivity contribution < 1.29 is 14.1 Å². The van der Waals surface area contributed by atoms with Gasteiger partial charge in [-0.2, -0.15) is 4.98 Å². The van der Waals surface area contributed by atoms with Crippen molar-refractivity contribution in [2.75, 3.05) is 5.75 Å². The molecular weight excluding hydrogens is 328 g/mol. The summed E-state index contributed by atoms with van der Waals surface area (Å²) in [6, 6.07) is 8.85. The zero-order chi connectivity index (χ0) is 17.2. The summed E-state index contributed by atoms with van der Waals surface area (Å²) in [5.74, 6) is 0.939. The molecule has 126 valence electrons. The standard InChI is InChI=1S/C16H18N4O3S/c1-16(2)15(22)18-11(9-24-16)13(21)17-8-12-19-14(23-20-12)10-6-4-3-5-7-10/h3-7,11H,8-9H2,1-2H3,(H,17,21)(H,18,22)/t11-/m0/s1. The number of carbonyl (C=O) groups is 2. The zero-order valence-corrected chi connectivity index (χ0v) is 14.2. The summed E-state index contributed by atoms with van der Waals surface area (Å²) in [4.78, 5) is 28.3. The fourth-order valence-corrected chi connectivity index (χ4v) is 3.19. The van der Waals surface area contributed by atoms with Crippen LogP contribution in [0.25, 0.3) is 11.5 Å². The van der Waals surface area contributed by atoms with Crippen LogP contribution in [-0.4, -0.2) is 38.5 Å². The van der Waals surface area contributed by atoms with Crippen molar-refractivity contribution in [1.82, 2.24) is 20.8 Å². The SMILES string of the molecule is CC1(C)SC[C@@H](C(=O)NCc2noc(-c3ccccc3)n2)NC1=O. The van der Waals surface area contributed by atoms with Crippen LogP contribution in [0.4, 0.5) is 0 Å². The predicted octanol–water partition coefficient (Wildman–Crippen LogP) is 1.36. The molecule has 0 unspecified atom stereocenters. The topological polar surface area (TPSA) is 97.1 Å². The lowest BCUT2D eigenvalue weighted by Crippen LogP contribution is -2.57. The van der Waals surface area contributed by atoms with Crippen LogP contribution in [0.5, 0.6) is 0 Å². The second kappa shape index (κ2) is 6.64. The first-order chi connectivity index (χ1) is 11.5. The molecular formula is C16H18N4O3S. The molecule has 1 fully saturated rings. The fourth-order valence-electron chi connectivity index (χ4n) is 2.19. The van der Waals surface area contributed by atoms with Crippen LogP contribution in [0.1, 0.15) is 19.7 Å². The minimum absolute atomic E-state index is 0.134. The predicted molar refractivity (Wildman–Crippen MR) is 90.0 cm³/mol. The highest BCUT2D eigenvalue weighted by Gasteiger charge is 2.37. The third-order valence-electron chi connectivity index (χ3n) is 3.69. The van der Waals surface area contributed by atoms with Gasteiger partial charge in [-0.1, -0.05) is 23.4 Å². The highest BCUT2D eigenvalue weighted by Crippen LogP contribution is 2.29. The molecule has 7 nitrogen and oxygen atoms in total. The number of benzene rings is 1. The van der Waals surface area contributed by atoms with E-state index in [4.69, 9.17) is 4.52 Å². The van der Waals surface area contributed by atoms with Gasteiger partial charge in [-0.3, -0.25) is 9.59 Å². The van der Waals surface area contributed by atoms with Gasteiger partial charge in [-0.25, -0.2) is 0 Å². The number of nitrogens with zero attached hydrogens (tertiary/aromatic N) is 2. The first-order valence-corrected chi connectivity index (χ1v) is 8.55. The first-order valence-electron chi connectivity index (χ1n) is 7.56. The highest BCUT2D eigenvalue weighted by atomic mass is 32.2. The molecule has 24 heavy (non-hydrogen) atoms. The number of hydrogen-bond donors (Lipinski definition) is 2. The van der Waals surface area contributed by atoms with Crippen LogP contribution in [-0.2, 0) is 16.1 Å². The molecule has 0 bridgehead atoms. The minimum Gasteiger partial charge on any atom is -0.347 e. The lowest BCUT2D eigenvalue weighted by atomic mass is 10.1. The van der Waals surface area contributed by atoms with E-state index in [1.54, 1.807) is 0 Å². The molecule has 2 heterocycles. The fraction of sp³-hybridized carbons (Fsp3) is 0.375. The van der Waals surface area contributed by atoms with Gasteiger partial charge in [0.1, 0.15) is 6.04 Å². The van der Waals surface area contributed by atoms with E-state index in [2.05, 4.69) is 20.8 Å². The smallest absolute Gasteiger partial charge is 0.257 e. The Morgan fingerprint density at radius 1 is 1.42 bits per heavy atom. The molecule has 1 aromatic carbocycles. The highest BCUT2D eigenvalue weighted by molar-refractivity contribution is 8.01. The Morgan fingerprint density at radius 2 is 2.17 bits per heavy atom. The van der Waals surface area contributed by atoms with Gasteiger partial charge in [0.15, 0.2) is 5.82 Å². The molecule has 1 aromatic heterocycles. The van der Waals surface area contributed by atoms with Crippen LogP contribution in [0.3, 0.4) is 0 Å². The average Bonchev–Trinajstić information content (AvgIpc) is 3.05. The van der Waals surface area contributed by atoms with Gasteiger partial charge >= 0.3 is 0 Å². The summed E-state index contributed by atoms with van der Waals surface area (Å²) in [5, 5.41) is 9.32. The maximum Gasteiger partial charge on any atom is 0.257 e. The Kier molecular flexibility index (Phi) is 4.57. The van der Waals surface area contributed by atoms with Crippen LogP contribution >= 0.6 is 11.8 Å². The van der Waals surface area contributed by atoms with Gasteiger partial charge < -0.3 is 15.2 Å². The lowest BCUT2D eigenvalue weighted by Gasteiger charge is -2.32. The van der Waals surface area contributed by atoms with Crippen LogP contribution in [0.2, 0.25) is 0 Å². The monoisotopic (exact) mass is 346 g/mol. The lowest BCUT2D eigenvalue weighted by molar-refractivity contribution is -0.129. The maximum atomic E-state index is 12.2. The number of rotatable bonds is 4. The van der Waals surface area contributed by atoms with Crippen molar-refractivity contribution >= 4 is 23.6 Å². The summed E-state index contributed by atoms with van der Waals surface area (Å²) < 4.78 is 4.68. The Balaban J connectivity index is 1.56. The van der Waals surface area contributed by atoms with Crippen molar-refractivity contribution in [2.45, 2.75) is 31.2 Å². The number of aromatic nitrogens is 2. The summed E-state index contributed by atoms with van der Waals surface area (Å²) in [7, 11) is 0. The van der Waals surface area contributed by atoms with Gasteiger partial charge in [-0.05, 0) is 26.0 Å². The van der Waals surface area contributed by atoms with E-state index < -0.39 is 10.8 Å². The Labute approximate surface area is 143 Å². The number of nitrogens with one attached hydrogen (secondary N) is 2. The summed E-state index contributed by atoms with van der Waals surface area (Å²) in [5.41, 5.74) is 0.820. The third-order valence-corrected chi connectivity index (χ3v) is 5.10. The van der Waals surface area contributed by atoms with Crippen LogP contribution in [0.15, 0.2) is 34.9 Å². The molecule has 0 saturated carbocycles. The largest absolute Gasteiger partial charge is 0.347 e. The van der Waals surface area contributed by atoms with Crippen LogP contribution in [0, 0.1) is 0 Å². The van der Waals surface area contributed by atoms with Gasteiger partial charge in [0.2, 0.25) is 11.8 Å². The molecule has 0 radical (unpaired) electrons. The molecule has 1 aliphatic rings. The van der Waals surface area contributed by atoms with Gasteiger partial charge in [-0.15, -0.1) is 11.8 Å². The second-order valence-corrected chi connectivity index (χ2v) is 7.59. The Bertz CT molecular complexity index is 745. The average molecular weight is 346 g/mol. The number of thioether (sulfide) groups is 1. The molecule has 1 saturated heterocycles. The van der Waals surface area contributed by atoms with E-state index >= 15 is 0 Å². The molecule has 1 atom stereocenters.